The first kappa shape index (κ1) is 19.6. The predicted molar refractivity (Wildman–Crippen MR) is 100 cm³/mol. The lowest BCUT2D eigenvalue weighted by Gasteiger charge is -2.08. The molecule has 0 aliphatic carbocycles. The molecule has 0 saturated heterocycles. The number of amides is 2. The molecule has 0 atom stereocenters. The molecule has 0 unspecified atom stereocenters. The summed E-state index contributed by atoms with van der Waals surface area (Å²) in [4.78, 5) is 23.7. The number of halogens is 2. The van der Waals surface area contributed by atoms with Gasteiger partial charge in [0.15, 0.2) is 0 Å². The topological polar surface area (TPSA) is 89.0 Å². The van der Waals surface area contributed by atoms with E-state index in [4.69, 9.17) is 32.7 Å². The zero-order valence-corrected chi connectivity index (χ0v) is 15.4. The number of hydrogen-bond donors (Lipinski definition) is 2. The first-order chi connectivity index (χ1) is 12.5. The van der Waals surface area contributed by atoms with Crippen LogP contribution in [0.15, 0.2) is 41.5 Å². The largest absolute Gasteiger partial charge is 0.497 e. The summed E-state index contributed by atoms with van der Waals surface area (Å²) in [6.45, 7) is 0. The van der Waals surface area contributed by atoms with Crippen molar-refractivity contribution in [3.63, 3.8) is 0 Å². The third-order valence-electron chi connectivity index (χ3n) is 3.21. The van der Waals surface area contributed by atoms with Crippen LogP contribution in [0.3, 0.4) is 0 Å². The van der Waals surface area contributed by atoms with Crippen molar-refractivity contribution in [3.8, 4) is 11.5 Å². The third-order valence-corrected chi connectivity index (χ3v) is 4.03. The van der Waals surface area contributed by atoms with Crippen LogP contribution in [0.4, 0.5) is 5.69 Å². The number of ether oxygens (including phenoxy) is 2. The SMILES string of the molecule is COc1ccc(OC)c(C=NNC(=O)C(=O)Nc2cccc(Cl)c2Cl)c1. The second-order valence-electron chi connectivity index (χ2n) is 4.86. The van der Waals surface area contributed by atoms with E-state index in [9.17, 15) is 9.59 Å². The van der Waals surface area contributed by atoms with Gasteiger partial charge in [-0.2, -0.15) is 5.10 Å². The smallest absolute Gasteiger partial charge is 0.329 e. The van der Waals surface area contributed by atoms with Crippen LogP contribution in [0.25, 0.3) is 0 Å². The average Bonchev–Trinajstić information content (AvgIpc) is 2.65. The number of carbonyl (C=O) groups is 2. The molecule has 7 nitrogen and oxygen atoms in total. The van der Waals surface area contributed by atoms with Crippen LogP contribution in [0.1, 0.15) is 5.56 Å². The van der Waals surface area contributed by atoms with Crippen LogP contribution in [-0.4, -0.2) is 32.2 Å². The molecule has 0 aliphatic rings. The molecule has 2 rings (SSSR count). The number of hydrazone groups is 1. The van der Waals surface area contributed by atoms with Gasteiger partial charge in [-0.25, -0.2) is 5.43 Å². The van der Waals surface area contributed by atoms with E-state index in [2.05, 4.69) is 15.8 Å². The molecule has 0 fully saturated rings. The summed E-state index contributed by atoms with van der Waals surface area (Å²) >= 11 is 11.8. The second kappa shape index (κ2) is 9.07. The van der Waals surface area contributed by atoms with Gasteiger partial charge in [-0.15, -0.1) is 0 Å². The van der Waals surface area contributed by atoms with Crippen molar-refractivity contribution < 1.29 is 19.1 Å². The zero-order chi connectivity index (χ0) is 19.1. The molecule has 2 aromatic carbocycles. The van der Waals surface area contributed by atoms with Gasteiger partial charge in [-0.3, -0.25) is 9.59 Å². The Morgan fingerprint density at radius 1 is 1.08 bits per heavy atom. The van der Waals surface area contributed by atoms with Gasteiger partial charge < -0.3 is 14.8 Å². The molecule has 0 bridgehead atoms. The fraction of sp³-hybridized carbons (Fsp3) is 0.118. The van der Waals surface area contributed by atoms with Crippen molar-refractivity contribution in [2.24, 2.45) is 5.10 Å². The summed E-state index contributed by atoms with van der Waals surface area (Å²) in [6, 6.07) is 9.75. The molecule has 26 heavy (non-hydrogen) atoms. The number of rotatable bonds is 5. The number of benzene rings is 2. The summed E-state index contributed by atoms with van der Waals surface area (Å²) in [5.74, 6) is -0.797. The van der Waals surface area contributed by atoms with Gasteiger partial charge in [-0.1, -0.05) is 29.3 Å². The molecule has 2 aromatic rings. The fourth-order valence-corrected chi connectivity index (χ4v) is 2.28. The van der Waals surface area contributed by atoms with Crippen molar-refractivity contribution >= 4 is 46.9 Å². The van der Waals surface area contributed by atoms with Gasteiger partial charge in [0.1, 0.15) is 11.5 Å². The highest BCUT2D eigenvalue weighted by Crippen LogP contribution is 2.29. The van der Waals surface area contributed by atoms with Gasteiger partial charge in [-0.05, 0) is 30.3 Å². The Bertz CT molecular complexity index is 856. The molecule has 0 radical (unpaired) electrons. The maximum absolute atomic E-state index is 11.9. The maximum Gasteiger partial charge on any atom is 0.329 e. The van der Waals surface area contributed by atoms with Crippen molar-refractivity contribution in [3.05, 3.63) is 52.0 Å². The Kier molecular flexibility index (Phi) is 6.82. The molecular formula is C17H15Cl2N3O4. The van der Waals surface area contributed by atoms with E-state index in [0.29, 0.717) is 17.1 Å². The average molecular weight is 396 g/mol. The van der Waals surface area contributed by atoms with Gasteiger partial charge in [0.25, 0.3) is 0 Å². The first-order valence-corrected chi connectivity index (χ1v) is 8.02. The van der Waals surface area contributed by atoms with Crippen LogP contribution in [0.2, 0.25) is 10.0 Å². The molecule has 136 valence electrons. The Hall–Kier alpha value is -2.77. The lowest BCUT2D eigenvalue weighted by Crippen LogP contribution is -2.32. The molecular weight excluding hydrogens is 381 g/mol. The normalized spacial score (nSPS) is 10.5. The van der Waals surface area contributed by atoms with Crippen LogP contribution in [-0.2, 0) is 9.59 Å². The minimum atomic E-state index is -0.973. The summed E-state index contributed by atoms with van der Waals surface area (Å²) < 4.78 is 10.3. The molecule has 2 amide bonds. The second-order valence-corrected chi connectivity index (χ2v) is 5.65. The number of carbonyl (C=O) groups excluding carboxylic acids is 2. The monoisotopic (exact) mass is 395 g/mol. The van der Waals surface area contributed by atoms with E-state index >= 15 is 0 Å². The van der Waals surface area contributed by atoms with Crippen molar-refractivity contribution in [2.45, 2.75) is 0 Å². The third kappa shape index (κ3) is 4.87. The summed E-state index contributed by atoms with van der Waals surface area (Å²) in [5.41, 5.74) is 2.90. The molecule has 2 N–H and O–H groups in total. The number of hydrogen-bond acceptors (Lipinski definition) is 5. The minimum absolute atomic E-state index is 0.139. The predicted octanol–water partition coefficient (Wildman–Crippen LogP) is 3.10. The van der Waals surface area contributed by atoms with Gasteiger partial charge >= 0.3 is 11.8 Å². The Labute approximate surface area is 159 Å². The van der Waals surface area contributed by atoms with Crippen molar-refractivity contribution in [2.75, 3.05) is 19.5 Å². The highest BCUT2D eigenvalue weighted by molar-refractivity contribution is 6.45. The lowest BCUT2D eigenvalue weighted by molar-refractivity contribution is -0.136. The molecule has 0 heterocycles. The highest BCUT2D eigenvalue weighted by atomic mass is 35.5. The molecule has 0 aliphatic heterocycles. The van der Waals surface area contributed by atoms with Crippen LogP contribution < -0.4 is 20.2 Å². The van der Waals surface area contributed by atoms with Gasteiger partial charge in [0.05, 0.1) is 36.2 Å². The standard InChI is InChI=1S/C17H15Cl2N3O4/c1-25-11-6-7-14(26-2)10(8-11)9-20-22-17(24)16(23)21-13-5-3-4-12(18)15(13)19/h3-9H,1-2H3,(H,21,23)(H,22,24). The highest BCUT2D eigenvalue weighted by Gasteiger charge is 2.15. The van der Waals surface area contributed by atoms with Crippen LogP contribution in [0.5, 0.6) is 11.5 Å². The Balaban J connectivity index is 2.03. The first-order valence-electron chi connectivity index (χ1n) is 7.26. The van der Waals surface area contributed by atoms with Gasteiger partial charge in [0.2, 0.25) is 0 Å². The Morgan fingerprint density at radius 3 is 2.54 bits per heavy atom. The number of nitrogens with one attached hydrogen (secondary N) is 2. The molecule has 0 aromatic heterocycles. The van der Waals surface area contributed by atoms with Crippen molar-refractivity contribution in [1.29, 1.82) is 0 Å². The Morgan fingerprint density at radius 2 is 1.85 bits per heavy atom. The maximum atomic E-state index is 11.9. The van der Waals surface area contributed by atoms with Crippen LogP contribution in [0, 0.1) is 0 Å². The zero-order valence-electron chi connectivity index (χ0n) is 13.9. The molecule has 9 heteroatoms. The summed E-state index contributed by atoms with van der Waals surface area (Å²) in [6.07, 6.45) is 1.33. The van der Waals surface area contributed by atoms with E-state index in [0.717, 1.165) is 0 Å². The summed E-state index contributed by atoms with van der Waals surface area (Å²) in [5, 5.41) is 6.50. The van der Waals surface area contributed by atoms with E-state index in [1.165, 1.54) is 26.5 Å². The minimum Gasteiger partial charge on any atom is -0.497 e. The lowest BCUT2D eigenvalue weighted by atomic mass is 10.2. The van der Waals surface area contributed by atoms with Crippen LogP contribution >= 0.6 is 23.2 Å². The van der Waals surface area contributed by atoms with E-state index in [-0.39, 0.29) is 15.7 Å². The number of nitrogens with zero attached hydrogens (tertiary/aromatic N) is 1. The van der Waals surface area contributed by atoms with E-state index in [1.54, 1.807) is 30.3 Å². The number of methoxy groups -OCH3 is 2. The number of anilines is 1. The van der Waals surface area contributed by atoms with E-state index in [1.807, 2.05) is 0 Å². The summed E-state index contributed by atoms with van der Waals surface area (Å²) in [7, 11) is 3.02. The van der Waals surface area contributed by atoms with Crippen molar-refractivity contribution in [1.82, 2.24) is 5.43 Å². The fourth-order valence-electron chi connectivity index (χ4n) is 1.93. The van der Waals surface area contributed by atoms with Gasteiger partial charge in [0, 0.05) is 5.56 Å². The quantitative estimate of drug-likeness (QED) is 0.462. The molecule has 0 saturated carbocycles. The van der Waals surface area contributed by atoms with E-state index < -0.39 is 11.8 Å². The molecule has 0 spiro atoms.